The first-order valence-corrected chi connectivity index (χ1v) is 7.30. The molecule has 0 bridgehead atoms. The lowest BCUT2D eigenvalue weighted by Crippen LogP contribution is -2.35. The van der Waals surface area contributed by atoms with Crippen molar-refractivity contribution in [1.82, 2.24) is 0 Å². The van der Waals surface area contributed by atoms with Gasteiger partial charge in [0.25, 0.3) is 0 Å². The molecule has 0 spiro atoms. The van der Waals surface area contributed by atoms with Gasteiger partial charge in [-0.05, 0) is 18.2 Å². The highest BCUT2D eigenvalue weighted by atomic mass is 35.5. The number of hydrogen-bond donors (Lipinski definition) is 4. The van der Waals surface area contributed by atoms with Crippen molar-refractivity contribution in [2.75, 3.05) is 11.9 Å². The largest absolute Gasteiger partial charge is 0.394 e. The number of fused-ring (bicyclic) bond motifs is 1. The Hall–Kier alpha value is -1.95. The van der Waals surface area contributed by atoms with Crippen LogP contribution < -0.4 is 5.32 Å². The molecule has 0 amide bonds. The number of nitrogens with one attached hydrogen (secondary N) is 1. The molecule has 4 N–H and O–H groups in total. The van der Waals surface area contributed by atoms with Gasteiger partial charge in [-0.25, -0.2) is 0 Å². The van der Waals surface area contributed by atoms with Gasteiger partial charge in [-0.3, -0.25) is 4.99 Å². The fraction of sp³-hybridized carbons (Fsp3) is 0.333. The molecule has 8 heteroatoms. The topological polar surface area (TPSA) is 118 Å². The van der Waals surface area contributed by atoms with E-state index >= 15 is 0 Å². The van der Waals surface area contributed by atoms with E-state index in [1.165, 1.54) is 6.21 Å². The van der Waals surface area contributed by atoms with Crippen molar-refractivity contribution in [2.24, 2.45) is 4.99 Å². The minimum absolute atomic E-state index is 0.159. The third-order valence-corrected chi connectivity index (χ3v) is 4.03. The number of allylic oxidation sites excluding steroid dienone is 1. The molecule has 23 heavy (non-hydrogen) atoms. The normalized spacial score (nSPS) is 29.7. The first kappa shape index (κ1) is 15.9. The molecule has 0 radical (unpaired) electrons. The van der Waals surface area contributed by atoms with Gasteiger partial charge in [-0.1, -0.05) is 11.6 Å². The highest BCUT2D eigenvalue weighted by molar-refractivity contribution is 6.31. The summed E-state index contributed by atoms with van der Waals surface area (Å²) >= 11 is 5.98. The molecule has 1 aromatic rings. The predicted molar refractivity (Wildman–Crippen MR) is 83.6 cm³/mol. The summed E-state index contributed by atoms with van der Waals surface area (Å²) in [5.74, 6) is 0. The number of aliphatic hydroxyl groups is 3. The maximum Gasteiger partial charge on any atom is 0.128 e. The van der Waals surface area contributed by atoms with Gasteiger partial charge in [0, 0.05) is 11.2 Å². The van der Waals surface area contributed by atoms with Gasteiger partial charge in [0.15, 0.2) is 0 Å². The van der Waals surface area contributed by atoms with E-state index in [0.29, 0.717) is 16.4 Å². The fourth-order valence-corrected chi connectivity index (χ4v) is 2.76. The highest BCUT2D eigenvalue weighted by Gasteiger charge is 2.45. The zero-order chi connectivity index (χ0) is 16.6. The number of ether oxygens (including phenoxy) is 1. The number of benzene rings is 1. The van der Waals surface area contributed by atoms with Crippen LogP contribution in [0.1, 0.15) is 0 Å². The maximum absolute atomic E-state index is 10.2. The molecule has 0 aliphatic carbocycles. The summed E-state index contributed by atoms with van der Waals surface area (Å²) in [7, 11) is 0. The van der Waals surface area contributed by atoms with E-state index in [2.05, 4.69) is 10.3 Å². The van der Waals surface area contributed by atoms with Crippen LogP contribution in [0.2, 0.25) is 5.02 Å². The fourth-order valence-electron chi connectivity index (χ4n) is 2.59. The van der Waals surface area contributed by atoms with Crippen LogP contribution in [0.3, 0.4) is 0 Å². The van der Waals surface area contributed by atoms with Gasteiger partial charge in [0.1, 0.15) is 30.5 Å². The van der Waals surface area contributed by atoms with Crippen molar-refractivity contribution < 1.29 is 20.1 Å². The van der Waals surface area contributed by atoms with Crippen LogP contribution >= 0.6 is 11.6 Å². The van der Waals surface area contributed by atoms with E-state index in [4.69, 9.17) is 16.3 Å². The first-order chi connectivity index (χ1) is 11.0. The summed E-state index contributed by atoms with van der Waals surface area (Å²) in [4.78, 5) is 4.21. The summed E-state index contributed by atoms with van der Waals surface area (Å²) in [5, 5.41) is 42.1. The Morgan fingerprint density at radius 2 is 2.13 bits per heavy atom. The van der Waals surface area contributed by atoms with Gasteiger partial charge >= 0.3 is 0 Å². The van der Waals surface area contributed by atoms with E-state index in [0.717, 1.165) is 0 Å². The average molecular weight is 336 g/mol. The van der Waals surface area contributed by atoms with E-state index < -0.39 is 31.0 Å². The smallest absolute Gasteiger partial charge is 0.128 e. The molecular weight excluding hydrogens is 322 g/mol. The minimum atomic E-state index is -1.29. The lowest BCUT2D eigenvalue weighted by atomic mass is 10.0. The average Bonchev–Trinajstić information content (AvgIpc) is 2.72. The Bertz CT molecular complexity index is 728. The van der Waals surface area contributed by atoms with E-state index in [1.54, 1.807) is 18.2 Å². The Morgan fingerprint density at radius 3 is 2.78 bits per heavy atom. The second-order valence-corrected chi connectivity index (χ2v) is 5.68. The molecule has 1 fully saturated rings. The zero-order valence-electron chi connectivity index (χ0n) is 11.8. The first-order valence-electron chi connectivity index (χ1n) is 6.92. The third-order valence-electron chi connectivity index (χ3n) is 3.80. The van der Waals surface area contributed by atoms with Crippen LogP contribution in [0.5, 0.6) is 0 Å². The van der Waals surface area contributed by atoms with Gasteiger partial charge in [-0.2, -0.15) is 5.26 Å². The standard InChI is InChI=1S/C15H14ClN3O4/c16-8-1-2-9-10(3-8)19-12(7(4-17)5-18-9)15-14(22)13(21)11(6-20)23-15/h1-3,5,11,13-15,19-22H,6H2/t11-,13-,14-,15+/m1/s1. The zero-order valence-corrected chi connectivity index (χ0v) is 12.6. The van der Waals surface area contributed by atoms with Crippen LogP contribution in [0.4, 0.5) is 11.4 Å². The highest BCUT2D eigenvalue weighted by Crippen LogP contribution is 2.35. The molecule has 120 valence electrons. The summed E-state index contributed by atoms with van der Waals surface area (Å²) < 4.78 is 5.49. The second kappa shape index (κ2) is 6.28. The second-order valence-electron chi connectivity index (χ2n) is 5.24. The number of rotatable bonds is 2. The van der Waals surface area contributed by atoms with Crippen LogP contribution in [0, 0.1) is 11.3 Å². The van der Waals surface area contributed by atoms with Crippen LogP contribution in [0.15, 0.2) is 34.5 Å². The van der Waals surface area contributed by atoms with Gasteiger partial charge < -0.3 is 25.4 Å². The lowest BCUT2D eigenvalue weighted by molar-refractivity contribution is -0.0137. The van der Waals surface area contributed by atoms with Crippen molar-refractivity contribution >= 4 is 29.2 Å². The number of aliphatic imine (C=N–C) groups is 1. The molecule has 2 aliphatic heterocycles. The molecule has 4 atom stereocenters. The molecule has 0 saturated carbocycles. The number of nitriles is 1. The predicted octanol–water partition coefficient (Wildman–Crippen LogP) is 0.727. The van der Waals surface area contributed by atoms with Crippen molar-refractivity contribution in [2.45, 2.75) is 24.4 Å². The van der Waals surface area contributed by atoms with E-state index in [1.807, 2.05) is 6.07 Å². The quantitative estimate of drug-likeness (QED) is 0.632. The van der Waals surface area contributed by atoms with Crippen molar-refractivity contribution in [1.29, 1.82) is 5.26 Å². The Kier molecular flexibility index (Phi) is 4.35. The summed E-state index contributed by atoms with van der Waals surface area (Å²) in [6.45, 7) is -0.444. The van der Waals surface area contributed by atoms with Crippen molar-refractivity contribution in [3.05, 3.63) is 34.5 Å². The molecule has 7 nitrogen and oxygen atoms in total. The molecule has 1 aromatic carbocycles. The molecule has 0 unspecified atom stereocenters. The SMILES string of the molecule is N#CC1=C([C@@H]2O[C@H](CO)[C@@H](O)[C@H]2O)Nc2cc(Cl)ccc2N=C1. The monoisotopic (exact) mass is 335 g/mol. The Morgan fingerprint density at radius 1 is 1.35 bits per heavy atom. The van der Waals surface area contributed by atoms with E-state index in [-0.39, 0.29) is 11.3 Å². The summed E-state index contributed by atoms with van der Waals surface area (Å²) in [6, 6.07) is 6.98. The van der Waals surface area contributed by atoms with Crippen LogP contribution in [-0.4, -0.2) is 52.6 Å². The van der Waals surface area contributed by atoms with Gasteiger partial charge in [0.05, 0.1) is 29.3 Å². The molecule has 1 saturated heterocycles. The van der Waals surface area contributed by atoms with Crippen molar-refractivity contribution in [3.8, 4) is 6.07 Å². The summed E-state index contributed by atoms with van der Waals surface area (Å²) in [5.41, 5.74) is 1.54. The molecule has 0 aromatic heterocycles. The number of halogens is 1. The Balaban J connectivity index is 2.02. The lowest BCUT2D eigenvalue weighted by Gasteiger charge is -2.20. The molecule has 2 heterocycles. The number of anilines is 1. The van der Waals surface area contributed by atoms with Crippen molar-refractivity contribution in [3.63, 3.8) is 0 Å². The number of hydrogen-bond acceptors (Lipinski definition) is 7. The third kappa shape index (κ3) is 2.83. The maximum atomic E-state index is 10.2. The number of aliphatic hydroxyl groups excluding tert-OH is 3. The van der Waals surface area contributed by atoms with Gasteiger partial charge in [0.2, 0.25) is 0 Å². The van der Waals surface area contributed by atoms with Crippen LogP contribution in [-0.2, 0) is 4.74 Å². The molecule has 2 aliphatic rings. The molecule has 3 rings (SSSR count). The summed E-state index contributed by atoms with van der Waals surface area (Å²) in [6.07, 6.45) is -3.10. The Labute approximate surface area is 137 Å². The van der Waals surface area contributed by atoms with E-state index in [9.17, 15) is 20.6 Å². The number of nitrogens with zero attached hydrogens (tertiary/aromatic N) is 2. The van der Waals surface area contributed by atoms with Crippen LogP contribution in [0.25, 0.3) is 0 Å². The minimum Gasteiger partial charge on any atom is -0.394 e. The van der Waals surface area contributed by atoms with Gasteiger partial charge in [-0.15, -0.1) is 0 Å². The molecular formula is C15H14ClN3O4.